The molecule has 4 fully saturated rings. The number of carbonyl (C=O) groups is 2. The Morgan fingerprint density at radius 1 is 0.932 bits per heavy atom. The van der Waals surface area contributed by atoms with E-state index in [1.807, 2.05) is 6.07 Å². The number of aliphatic carboxylic acids is 1. The van der Waals surface area contributed by atoms with Crippen molar-refractivity contribution in [3.05, 3.63) is 47.3 Å². The SMILES string of the molecule is CC1(C)CC[C@]2(C(=O)O)CC[C@]3(C)C(=CC[C@@H]4[C@@]5(C)CC[C@H](OC(=O)CCc6cccc(F)c6)C(C)(C)C5CC[C@]43C)[C@@H]2C1. The first-order chi connectivity index (χ1) is 20.5. The number of ether oxygens (including phenoxy) is 1. The van der Waals surface area contributed by atoms with Crippen LogP contribution in [0.2, 0.25) is 0 Å². The lowest BCUT2D eigenvalue weighted by atomic mass is 9.33. The average Bonchev–Trinajstić information content (AvgIpc) is 2.93. The summed E-state index contributed by atoms with van der Waals surface area (Å²) >= 11 is 0. The van der Waals surface area contributed by atoms with Gasteiger partial charge in [-0.05, 0) is 128 Å². The number of halogens is 1. The second kappa shape index (κ2) is 10.4. The largest absolute Gasteiger partial charge is 0.481 e. The van der Waals surface area contributed by atoms with Gasteiger partial charge in [-0.2, -0.15) is 0 Å². The van der Waals surface area contributed by atoms with Crippen LogP contribution >= 0.6 is 0 Å². The van der Waals surface area contributed by atoms with Crippen LogP contribution in [0, 0.1) is 56.1 Å². The number of benzene rings is 1. The highest BCUT2D eigenvalue weighted by Crippen LogP contribution is 2.75. The summed E-state index contributed by atoms with van der Waals surface area (Å²) in [5.41, 5.74) is 1.95. The number of carboxylic acid groups (broad SMARTS) is 1. The van der Waals surface area contributed by atoms with E-state index in [4.69, 9.17) is 4.74 Å². The maximum atomic E-state index is 13.6. The van der Waals surface area contributed by atoms with Gasteiger partial charge in [-0.1, -0.05) is 72.2 Å². The van der Waals surface area contributed by atoms with Crippen molar-refractivity contribution in [2.75, 3.05) is 0 Å². The molecule has 5 heteroatoms. The van der Waals surface area contributed by atoms with E-state index in [1.165, 1.54) is 17.7 Å². The highest BCUT2D eigenvalue weighted by molar-refractivity contribution is 5.76. The van der Waals surface area contributed by atoms with Crippen molar-refractivity contribution in [3.8, 4) is 0 Å². The van der Waals surface area contributed by atoms with Crippen molar-refractivity contribution in [2.45, 2.75) is 132 Å². The molecule has 6 rings (SSSR count). The molecule has 1 N–H and O–H groups in total. The lowest BCUT2D eigenvalue weighted by Crippen LogP contribution is -2.65. The van der Waals surface area contributed by atoms with Crippen molar-refractivity contribution >= 4 is 11.9 Å². The van der Waals surface area contributed by atoms with E-state index in [-0.39, 0.29) is 57.3 Å². The third-order valence-corrected chi connectivity index (χ3v) is 14.8. The number of fused-ring (bicyclic) bond motifs is 7. The summed E-state index contributed by atoms with van der Waals surface area (Å²) in [6, 6.07) is 6.47. The molecule has 1 unspecified atom stereocenters. The van der Waals surface area contributed by atoms with Gasteiger partial charge < -0.3 is 9.84 Å². The van der Waals surface area contributed by atoms with Crippen LogP contribution in [0.3, 0.4) is 0 Å². The molecule has 0 heterocycles. The zero-order valence-corrected chi connectivity index (χ0v) is 28.2. The molecule has 5 aliphatic rings. The van der Waals surface area contributed by atoms with E-state index in [2.05, 4.69) is 54.5 Å². The number of carbonyl (C=O) groups excluding carboxylic acids is 1. The molecule has 0 saturated heterocycles. The average molecular weight is 607 g/mol. The molecule has 1 aromatic rings. The number of esters is 1. The highest BCUT2D eigenvalue weighted by Gasteiger charge is 2.69. The first kappa shape index (κ1) is 31.8. The summed E-state index contributed by atoms with van der Waals surface area (Å²) in [5, 5.41) is 10.6. The molecular formula is C39H55FO4. The predicted molar refractivity (Wildman–Crippen MR) is 171 cm³/mol. The summed E-state index contributed by atoms with van der Waals surface area (Å²) in [5.74, 6) is 0.0496. The molecule has 0 aliphatic heterocycles. The van der Waals surface area contributed by atoms with Gasteiger partial charge in [-0.15, -0.1) is 0 Å². The van der Waals surface area contributed by atoms with Gasteiger partial charge in [0.15, 0.2) is 0 Å². The van der Waals surface area contributed by atoms with E-state index < -0.39 is 11.4 Å². The van der Waals surface area contributed by atoms with Gasteiger partial charge in [0.25, 0.3) is 0 Å². The fourth-order valence-corrected chi connectivity index (χ4v) is 12.0. The van der Waals surface area contributed by atoms with E-state index >= 15 is 0 Å². The Morgan fingerprint density at radius 3 is 2.36 bits per heavy atom. The third kappa shape index (κ3) is 4.63. The van der Waals surface area contributed by atoms with Crippen molar-refractivity contribution in [1.82, 2.24) is 0 Å². The lowest BCUT2D eigenvalue weighted by molar-refractivity contribution is -0.213. The van der Waals surface area contributed by atoms with Gasteiger partial charge in [0.2, 0.25) is 0 Å². The maximum Gasteiger partial charge on any atom is 0.310 e. The summed E-state index contributed by atoms with van der Waals surface area (Å²) in [6.07, 6.45) is 12.8. The standard InChI is InChI=1S/C39H55FO4/c1-34(2)19-21-39(33(42)43)22-20-37(6)27(28(39)24-34)12-13-30-36(5)17-16-31(35(3,4)29(36)15-18-38(30,37)7)44-32(41)14-11-25-9-8-10-26(40)23-25/h8-10,12,23,28-31H,11,13-22,24H2,1-7H3,(H,42,43)/t28-,29?,30+,31-,36-,37+,38+,39-/m0/s1. The molecule has 0 spiro atoms. The van der Waals surface area contributed by atoms with Crippen molar-refractivity contribution in [2.24, 2.45) is 50.2 Å². The van der Waals surface area contributed by atoms with E-state index in [1.54, 1.807) is 6.07 Å². The Hall–Kier alpha value is -2.17. The number of hydrogen-bond donors (Lipinski definition) is 1. The van der Waals surface area contributed by atoms with Crippen molar-refractivity contribution in [3.63, 3.8) is 0 Å². The van der Waals surface area contributed by atoms with Crippen LogP contribution in [0.15, 0.2) is 35.9 Å². The fraction of sp³-hybridized carbons (Fsp3) is 0.744. The number of rotatable bonds is 5. The minimum Gasteiger partial charge on any atom is -0.481 e. The number of aryl methyl sites for hydroxylation is 1. The van der Waals surface area contributed by atoms with Crippen LogP contribution in [0.5, 0.6) is 0 Å². The molecule has 0 amide bonds. The van der Waals surface area contributed by atoms with Crippen LogP contribution in [-0.4, -0.2) is 23.1 Å². The van der Waals surface area contributed by atoms with Gasteiger partial charge in [-0.25, -0.2) is 4.39 Å². The predicted octanol–water partition coefficient (Wildman–Crippen LogP) is 9.56. The topological polar surface area (TPSA) is 63.6 Å². The number of carboxylic acids is 1. The van der Waals surface area contributed by atoms with Crippen LogP contribution in [0.25, 0.3) is 0 Å². The van der Waals surface area contributed by atoms with Crippen LogP contribution in [-0.2, 0) is 20.7 Å². The molecule has 5 aliphatic carbocycles. The smallest absolute Gasteiger partial charge is 0.310 e. The minimum atomic E-state index is -0.607. The van der Waals surface area contributed by atoms with Gasteiger partial charge in [0.1, 0.15) is 11.9 Å². The summed E-state index contributed by atoms with van der Waals surface area (Å²) in [4.78, 5) is 26.0. The summed E-state index contributed by atoms with van der Waals surface area (Å²) in [6.45, 7) is 16.9. The number of allylic oxidation sites excluding steroid dienone is 2. The normalized spacial score (nSPS) is 42.0. The third-order valence-electron chi connectivity index (χ3n) is 14.8. The molecule has 44 heavy (non-hydrogen) atoms. The van der Waals surface area contributed by atoms with Crippen molar-refractivity contribution in [1.29, 1.82) is 0 Å². The monoisotopic (exact) mass is 606 g/mol. The molecular weight excluding hydrogens is 551 g/mol. The Balaban J connectivity index is 1.24. The maximum absolute atomic E-state index is 13.6. The van der Waals surface area contributed by atoms with E-state index in [9.17, 15) is 19.1 Å². The molecule has 1 aromatic carbocycles. The van der Waals surface area contributed by atoms with E-state index in [0.717, 1.165) is 69.8 Å². The van der Waals surface area contributed by atoms with Crippen molar-refractivity contribution < 1.29 is 23.8 Å². The zero-order valence-electron chi connectivity index (χ0n) is 28.2. The molecule has 0 aromatic heterocycles. The Morgan fingerprint density at radius 2 is 1.66 bits per heavy atom. The quantitative estimate of drug-likeness (QED) is 0.268. The number of hydrogen-bond acceptors (Lipinski definition) is 3. The minimum absolute atomic E-state index is 0.00526. The zero-order chi connectivity index (χ0) is 31.9. The van der Waals surface area contributed by atoms with Gasteiger partial charge in [0.05, 0.1) is 5.41 Å². The molecule has 4 saturated carbocycles. The van der Waals surface area contributed by atoms with Crippen LogP contribution in [0.4, 0.5) is 4.39 Å². The molecule has 0 bridgehead atoms. The fourth-order valence-electron chi connectivity index (χ4n) is 12.0. The molecule has 0 radical (unpaired) electrons. The van der Waals surface area contributed by atoms with E-state index in [0.29, 0.717) is 18.3 Å². The Labute approximate surface area is 264 Å². The second-order valence-corrected chi connectivity index (χ2v) is 17.6. The highest BCUT2D eigenvalue weighted by atomic mass is 19.1. The summed E-state index contributed by atoms with van der Waals surface area (Å²) < 4.78 is 19.9. The van der Waals surface area contributed by atoms with Gasteiger partial charge >= 0.3 is 11.9 Å². The Kier molecular flexibility index (Phi) is 7.53. The lowest BCUT2D eigenvalue weighted by Gasteiger charge is -2.71. The molecule has 8 atom stereocenters. The Bertz CT molecular complexity index is 1360. The summed E-state index contributed by atoms with van der Waals surface area (Å²) in [7, 11) is 0. The second-order valence-electron chi connectivity index (χ2n) is 17.6. The first-order valence-electron chi connectivity index (χ1n) is 17.4. The first-order valence-corrected chi connectivity index (χ1v) is 17.4. The molecule has 4 nitrogen and oxygen atoms in total. The van der Waals surface area contributed by atoms with Crippen LogP contribution < -0.4 is 0 Å². The van der Waals surface area contributed by atoms with Gasteiger partial charge in [-0.3, -0.25) is 9.59 Å². The van der Waals surface area contributed by atoms with Crippen LogP contribution in [0.1, 0.15) is 125 Å². The molecule has 242 valence electrons. The van der Waals surface area contributed by atoms with Gasteiger partial charge in [0, 0.05) is 11.8 Å².